The first kappa shape index (κ1) is 13.5. The van der Waals surface area contributed by atoms with E-state index in [1.807, 2.05) is 36.6 Å². The third kappa shape index (κ3) is 3.17. The molecule has 0 aliphatic heterocycles. The van der Waals surface area contributed by atoms with Gasteiger partial charge in [-0.2, -0.15) is 0 Å². The molecule has 3 rings (SSSR count). The van der Waals surface area contributed by atoms with Gasteiger partial charge in [-0.1, -0.05) is 6.07 Å². The highest BCUT2D eigenvalue weighted by atomic mass is 32.1. The molecule has 2 N–H and O–H groups in total. The van der Waals surface area contributed by atoms with Gasteiger partial charge < -0.3 is 5.32 Å². The van der Waals surface area contributed by atoms with Crippen LogP contribution in [0.15, 0.2) is 52.9 Å². The Labute approximate surface area is 125 Å². The van der Waals surface area contributed by atoms with Crippen LogP contribution in [0.5, 0.6) is 0 Å². The lowest BCUT2D eigenvalue weighted by Gasteiger charge is -2.13. The molecule has 0 aromatic carbocycles. The maximum atomic E-state index is 11.8. The van der Waals surface area contributed by atoms with Crippen LogP contribution < -0.4 is 10.9 Å². The van der Waals surface area contributed by atoms with Crippen LogP contribution in [0.2, 0.25) is 0 Å². The number of thiophene rings is 1. The molecule has 3 heterocycles. The van der Waals surface area contributed by atoms with E-state index in [0.29, 0.717) is 11.6 Å². The van der Waals surface area contributed by atoms with E-state index in [1.54, 1.807) is 23.7 Å². The lowest BCUT2D eigenvalue weighted by molar-refractivity contribution is 0.877. The average molecular weight is 298 g/mol. The summed E-state index contributed by atoms with van der Waals surface area (Å²) in [6, 6.07) is 9.27. The number of nitrogens with zero attached hydrogens (tertiary/aromatic N) is 2. The van der Waals surface area contributed by atoms with Crippen molar-refractivity contribution in [2.45, 2.75) is 13.0 Å². The Kier molecular flexibility index (Phi) is 3.79. The van der Waals surface area contributed by atoms with Crippen LogP contribution in [0.1, 0.15) is 17.8 Å². The molecule has 0 aliphatic carbocycles. The van der Waals surface area contributed by atoms with Crippen LogP contribution >= 0.6 is 11.3 Å². The molecular formula is C15H14N4OS. The van der Waals surface area contributed by atoms with Crippen molar-refractivity contribution in [1.82, 2.24) is 15.0 Å². The maximum absolute atomic E-state index is 11.8. The number of aromatic amines is 1. The summed E-state index contributed by atoms with van der Waals surface area (Å²) in [5, 5.41) is 5.25. The van der Waals surface area contributed by atoms with Crippen molar-refractivity contribution in [3.63, 3.8) is 0 Å². The van der Waals surface area contributed by atoms with Crippen molar-refractivity contribution in [3.05, 3.63) is 63.3 Å². The summed E-state index contributed by atoms with van der Waals surface area (Å²) in [6.45, 7) is 2.03. The summed E-state index contributed by atoms with van der Waals surface area (Å²) < 4.78 is 0. The summed E-state index contributed by atoms with van der Waals surface area (Å²) in [6.07, 6.45) is 3.36. The smallest absolute Gasteiger partial charge is 0.252 e. The van der Waals surface area contributed by atoms with Gasteiger partial charge in [-0.3, -0.25) is 14.8 Å². The summed E-state index contributed by atoms with van der Waals surface area (Å²) in [7, 11) is 0. The van der Waals surface area contributed by atoms with Crippen LogP contribution in [0.4, 0.5) is 5.95 Å². The van der Waals surface area contributed by atoms with Gasteiger partial charge in [0, 0.05) is 28.9 Å². The molecule has 1 atom stereocenters. The van der Waals surface area contributed by atoms with Crippen molar-refractivity contribution >= 4 is 17.3 Å². The molecule has 0 amide bonds. The number of rotatable bonds is 4. The van der Waals surface area contributed by atoms with E-state index < -0.39 is 0 Å². The van der Waals surface area contributed by atoms with E-state index in [9.17, 15) is 4.79 Å². The Hall–Kier alpha value is -2.47. The van der Waals surface area contributed by atoms with Crippen molar-refractivity contribution in [2.24, 2.45) is 0 Å². The molecule has 3 aromatic rings. The molecule has 5 nitrogen and oxygen atoms in total. The normalized spacial score (nSPS) is 12.0. The Bertz CT molecular complexity index is 768. The third-order valence-electron chi connectivity index (χ3n) is 3.04. The Balaban J connectivity index is 1.90. The van der Waals surface area contributed by atoms with Gasteiger partial charge >= 0.3 is 0 Å². The van der Waals surface area contributed by atoms with E-state index in [0.717, 1.165) is 5.56 Å². The molecule has 1 unspecified atom stereocenters. The van der Waals surface area contributed by atoms with Gasteiger partial charge in [-0.05, 0) is 30.5 Å². The first-order valence-corrected chi connectivity index (χ1v) is 7.42. The molecule has 0 spiro atoms. The highest BCUT2D eigenvalue weighted by Gasteiger charge is 2.09. The lowest BCUT2D eigenvalue weighted by Crippen LogP contribution is -2.14. The fourth-order valence-corrected chi connectivity index (χ4v) is 2.74. The van der Waals surface area contributed by atoms with Gasteiger partial charge in [0.25, 0.3) is 5.56 Å². The maximum Gasteiger partial charge on any atom is 0.252 e. The molecule has 0 bridgehead atoms. The Morgan fingerprint density at radius 2 is 2.10 bits per heavy atom. The second-order valence-corrected chi connectivity index (χ2v) is 5.58. The SMILES string of the molecule is CC(Nc1nc(-c2ccncc2)cc(=O)[nH]1)c1cccs1. The van der Waals surface area contributed by atoms with Gasteiger partial charge in [0.05, 0.1) is 11.7 Å². The van der Waals surface area contributed by atoms with Gasteiger partial charge in [-0.25, -0.2) is 4.98 Å². The second kappa shape index (κ2) is 5.88. The van der Waals surface area contributed by atoms with E-state index >= 15 is 0 Å². The lowest BCUT2D eigenvalue weighted by atomic mass is 10.2. The van der Waals surface area contributed by atoms with E-state index in [2.05, 4.69) is 20.3 Å². The highest BCUT2D eigenvalue weighted by Crippen LogP contribution is 2.22. The molecule has 0 aliphatic rings. The zero-order valence-electron chi connectivity index (χ0n) is 11.4. The molecule has 0 saturated carbocycles. The summed E-state index contributed by atoms with van der Waals surface area (Å²) in [5.41, 5.74) is 1.31. The molecule has 106 valence electrons. The minimum atomic E-state index is -0.183. The minimum absolute atomic E-state index is 0.0841. The molecule has 0 saturated heterocycles. The standard InChI is InChI=1S/C15H14N4OS/c1-10(13-3-2-8-21-13)17-15-18-12(9-14(20)19-15)11-4-6-16-7-5-11/h2-10H,1H3,(H2,17,18,19,20). The third-order valence-corrected chi connectivity index (χ3v) is 4.10. The van der Waals surface area contributed by atoms with Gasteiger partial charge in [-0.15, -0.1) is 11.3 Å². The number of aromatic nitrogens is 3. The second-order valence-electron chi connectivity index (χ2n) is 4.60. The number of anilines is 1. The molecular weight excluding hydrogens is 284 g/mol. The van der Waals surface area contributed by atoms with Crippen LogP contribution in [0, 0.1) is 0 Å². The van der Waals surface area contributed by atoms with Crippen LogP contribution in [0.3, 0.4) is 0 Å². The largest absolute Gasteiger partial charge is 0.348 e. The zero-order valence-corrected chi connectivity index (χ0v) is 12.2. The molecule has 6 heteroatoms. The van der Waals surface area contributed by atoms with Crippen molar-refractivity contribution in [1.29, 1.82) is 0 Å². The van der Waals surface area contributed by atoms with E-state index in [1.165, 1.54) is 10.9 Å². The van der Waals surface area contributed by atoms with Crippen molar-refractivity contribution < 1.29 is 0 Å². The molecule has 21 heavy (non-hydrogen) atoms. The summed E-state index contributed by atoms with van der Waals surface area (Å²) >= 11 is 1.66. The Morgan fingerprint density at radius 3 is 2.81 bits per heavy atom. The fraction of sp³-hybridized carbons (Fsp3) is 0.133. The monoisotopic (exact) mass is 298 g/mol. The molecule has 3 aromatic heterocycles. The quantitative estimate of drug-likeness (QED) is 0.776. The van der Waals surface area contributed by atoms with E-state index in [4.69, 9.17) is 0 Å². The van der Waals surface area contributed by atoms with Crippen LogP contribution in [0.25, 0.3) is 11.3 Å². The highest BCUT2D eigenvalue weighted by molar-refractivity contribution is 7.10. The minimum Gasteiger partial charge on any atom is -0.348 e. The van der Waals surface area contributed by atoms with E-state index in [-0.39, 0.29) is 11.6 Å². The van der Waals surface area contributed by atoms with Crippen molar-refractivity contribution in [3.8, 4) is 11.3 Å². The molecule has 0 fully saturated rings. The van der Waals surface area contributed by atoms with Gasteiger partial charge in [0.15, 0.2) is 0 Å². The van der Waals surface area contributed by atoms with Gasteiger partial charge in [0.2, 0.25) is 5.95 Å². The zero-order chi connectivity index (χ0) is 14.7. The summed E-state index contributed by atoms with van der Waals surface area (Å²) in [4.78, 5) is 24.1. The predicted octanol–water partition coefficient (Wildman–Crippen LogP) is 3.07. The predicted molar refractivity (Wildman–Crippen MR) is 84.4 cm³/mol. The Morgan fingerprint density at radius 1 is 1.29 bits per heavy atom. The summed E-state index contributed by atoms with van der Waals surface area (Å²) in [5.74, 6) is 0.468. The van der Waals surface area contributed by atoms with Crippen LogP contribution in [-0.4, -0.2) is 15.0 Å². The number of hydrogen-bond acceptors (Lipinski definition) is 5. The fourth-order valence-electron chi connectivity index (χ4n) is 2.01. The number of nitrogens with one attached hydrogen (secondary N) is 2. The number of hydrogen-bond donors (Lipinski definition) is 2. The first-order chi connectivity index (χ1) is 10.2. The van der Waals surface area contributed by atoms with Crippen LogP contribution in [-0.2, 0) is 0 Å². The average Bonchev–Trinajstić information content (AvgIpc) is 3.02. The first-order valence-electron chi connectivity index (χ1n) is 6.54. The topological polar surface area (TPSA) is 70.7 Å². The number of pyridine rings is 1. The molecule has 0 radical (unpaired) electrons. The van der Waals surface area contributed by atoms with Crippen molar-refractivity contribution in [2.75, 3.05) is 5.32 Å². The van der Waals surface area contributed by atoms with Gasteiger partial charge in [0.1, 0.15) is 0 Å². The number of H-pyrrole nitrogens is 1.